The fraction of sp³-hybridized carbons (Fsp3) is 0.211. The molecule has 2 aromatic heterocycles. The quantitative estimate of drug-likeness (QED) is 0.131. The van der Waals surface area contributed by atoms with E-state index in [0.717, 1.165) is 46.9 Å². The van der Waals surface area contributed by atoms with Gasteiger partial charge in [0.05, 0.1) is 24.8 Å². The van der Waals surface area contributed by atoms with Gasteiger partial charge in [0.25, 0.3) is 0 Å². The minimum Gasteiger partial charge on any atom is -0.493 e. The van der Waals surface area contributed by atoms with Crippen molar-refractivity contribution in [1.29, 1.82) is 0 Å². The van der Waals surface area contributed by atoms with Gasteiger partial charge in [-0.05, 0) is 61.7 Å². The van der Waals surface area contributed by atoms with Gasteiger partial charge < -0.3 is 18.9 Å². The molecule has 230 valence electrons. The second kappa shape index (κ2) is 13.2. The molecule has 1 saturated carbocycles. The molecule has 2 heterocycles. The highest BCUT2D eigenvalue weighted by Gasteiger charge is 2.30. The molecule has 46 heavy (non-hydrogen) atoms. The van der Waals surface area contributed by atoms with Crippen LogP contribution in [0.5, 0.6) is 5.75 Å². The first kappa shape index (κ1) is 29.2. The van der Waals surface area contributed by atoms with Gasteiger partial charge in [-0.15, -0.1) is 10.2 Å². The Morgan fingerprint density at radius 2 is 1.59 bits per heavy atom. The average molecular weight is 611 g/mol. The number of benzene rings is 4. The Morgan fingerprint density at radius 1 is 0.870 bits per heavy atom. The van der Waals surface area contributed by atoms with Crippen LogP contribution in [0.3, 0.4) is 0 Å². The smallest absolute Gasteiger partial charge is 0.226 e. The number of hydrogen-bond donors (Lipinski definition) is 1. The van der Waals surface area contributed by atoms with E-state index in [2.05, 4.69) is 20.5 Å². The molecule has 1 aliphatic carbocycles. The summed E-state index contributed by atoms with van der Waals surface area (Å²) in [5.41, 5.74) is 4.81. The van der Waals surface area contributed by atoms with E-state index in [-0.39, 0.29) is 11.8 Å². The van der Waals surface area contributed by atoms with Crippen LogP contribution < -0.4 is 10.1 Å². The molecule has 0 spiro atoms. The third kappa shape index (κ3) is 6.76. The molecule has 8 nitrogen and oxygen atoms in total. The summed E-state index contributed by atoms with van der Waals surface area (Å²) in [4.78, 5) is 18.1. The van der Waals surface area contributed by atoms with Crippen molar-refractivity contribution >= 4 is 11.5 Å². The van der Waals surface area contributed by atoms with Gasteiger partial charge in [-0.1, -0.05) is 72.8 Å². The molecule has 1 aliphatic rings. The first-order valence-electron chi connectivity index (χ1n) is 15.6. The van der Waals surface area contributed by atoms with Crippen LogP contribution in [0.15, 0.2) is 118 Å². The van der Waals surface area contributed by atoms with Crippen molar-refractivity contribution in [3.8, 4) is 17.2 Å². The summed E-state index contributed by atoms with van der Waals surface area (Å²) in [5, 5.41) is 12.2. The number of para-hydroxylation sites is 1. The van der Waals surface area contributed by atoms with Crippen LogP contribution in [0, 0.1) is 6.92 Å². The van der Waals surface area contributed by atoms with Crippen molar-refractivity contribution in [2.75, 3.05) is 11.9 Å². The number of ether oxygens (including phenoxy) is 1. The number of aryl methyl sites for hydroxylation is 1. The molecule has 0 aliphatic heterocycles. The van der Waals surface area contributed by atoms with Crippen LogP contribution in [-0.4, -0.2) is 27.6 Å². The molecular weight excluding hydrogens is 576 g/mol. The van der Waals surface area contributed by atoms with Gasteiger partial charge in [0, 0.05) is 34.7 Å². The highest BCUT2D eigenvalue weighted by atomic mass is 16.5. The lowest BCUT2D eigenvalue weighted by Gasteiger charge is -2.21. The molecule has 0 radical (unpaired) electrons. The van der Waals surface area contributed by atoms with Crippen molar-refractivity contribution in [3.63, 3.8) is 0 Å². The van der Waals surface area contributed by atoms with Gasteiger partial charge in [0.15, 0.2) is 5.78 Å². The fourth-order valence-corrected chi connectivity index (χ4v) is 5.44. The number of carbonyl (C=O) groups is 1. The maximum atomic E-state index is 13.5. The summed E-state index contributed by atoms with van der Waals surface area (Å²) < 4.78 is 18.0. The van der Waals surface area contributed by atoms with E-state index in [1.165, 1.54) is 0 Å². The van der Waals surface area contributed by atoms with Crippen molar-refractivity contribution < 1.29 is 18.4 Å². The molecule has 0 amide bonds. The van der Waals surface area contributed by atoms with Gasteiger partial charge in [-0.2, -0.15) is 0 Å². The Morgan fingerprint density at radius 3 is 2.35 bits per heavy atom. The SMILES string of the molecule is Cc1oc(-c2ccccc2)nc1CCOc1ccc(C(Cc2nnc(C3CC3)o2)Nc2ccccc2C(=O)c2ccccc2)cc1. The van der Waals surface area contributed by atoms with Crippen molar-refractivity contribution in [2.45, 2.75) is 44.6 Å². The van der Waals surface area contributed by atoms with Gasteiger partial charge in [-0.25, -0.2) is 4.98 Å². The normalized spacial score (nSPS) is 13.3. The average Bonchev–Trinajstić information content (AvgIpc) is 3.74. The van der Waals surface area contributed by atoms with Gasteiger partial charge in [0.2, 0.25) is 17.7 Å². The number of nitrogens with zero attached hydrogens (tertiary/aromatic N) is 3. The van der Waals surface area contributed by atoms with Crippen LogP contribution in [-0.2, 0) is 12.8 Å². The summed E-state index contributed by atoms with van der Waals surface area (Å²) in [5.74, 6) is 3.76. The molecule has 4 aromatic carbocycles. The van der Waals surface area contributed by atoms with Crippen molar-refractivity contribution in [2.24, 2.45) is 0 Å². The summed E-state index contributed by atoms with van der Waals surface area (Å²) >= 11 is 0. The molecular formula is C38H34N4O4. The number of anilines is 1. The number of aromatic nitrogens is 3. The molecule has 1 N–H and O–H groups in total. The number of nitrogens with one attached hydrogen (secondary N) is 1. The predicted molar refractivity (Wildman–Crippen MR) is 175 cm³/mol. The van der Waals surface area contributed by atoms with Crippen molar-refractivity contribution in [3.05, 3.63) is 149 Å². The zero-order valence-electron chi connectivity index (χ0n) is 25.6. The maximum Gasteiger partial charge on any atom is 0.226 e. The third-order valence-corrected chi connectivity index (χ3v) is 8.13. The van der Waals surface area contributed by atoms with E-state index in [4.69, 9.17) is 13.6 Å². The standard InChI is InChI=1S/C38H34N4O4/c1-25-32(40-37(45-25)28-12-6-3-7-13-28)22-23-44-30-20-18-26(19-21-30)34(24-35-41-42-38(46-35)29-16-17-29)39-33-15-9-8-14-31(33)36(43)27-10-4-2-5-11-27/h2-15,18-21,29,34,39H,16-17,22-24H2,1H3. The van der Waals surface area contributed by atoms with E-state index >= 15 is 0 Å². The number of hydrogen-bond acceptors (Lipinski definition) is 8. The van der Waals surface area contributed by atoms with Crippen LogP contribution >= 0.6 is 0 Å². The van der Waals surface area contributed by atoms with Gasteiger partial charge >= 0.3 is 0 Å². The fourth-order valence-electron chi connectivity index (χ4n) is 5.44. The molecule has 8 heteroatoms. The van der Waals surface area contributed by atoms with E-state index < -0.39 is 0 Å². The van der Waals surface area contributed by atoms with E-state index in [1.807, 2.05) is 116 Å². The Kier molecular flexibility index (Phi) is 8.41. The Balaban J connectivity index is 1.07. The minimum absolute atomic E-state index is 0.0433. The molecule has 1 atom stereocenters. The van der Waals surface area contributed by atoms with Gasteiger partial charge in [-0.3, -0.25) is 4.79 Å². The molecule has 1 unspecified atom stereocenters. The van der Waals surface area contributed by atoms with E-state index in [0.29, 0.717) is 54.2 Å². The van der Waals surface area contributed by atoms with Crippen LogP contribution in [0.25, 0.3) is 11.5 Å². The summed E-state index contributed by atoms with van der Waals surface area (Å²) in [7, 11) is 0. The molecule has 6 aromatic rings. The number of ketones is 1. The first-order valence-corrected chi connectivity index (χ1v) is 15.6. The third-order valence-electron chi connectivity index (χ3n) is 8.13. The first-order chi connectivity index (χ1) is 22.6. The monoisotopic (exact) mass is 610 g/mol. The lowest BCUT2D eigenvalue weighted by molar-refractivity contribution is 0.103. The molecule has 1 fully saturated rings. The Bertz CT molecular complexity index is 1910. The number of oxazole rings is 1. The highest BCUT2D eigenvalue weighted by Crippen LogP contribution is 2.39. The zero-order chi connectivity index (χ0) is 31.3. The number of rotatable bonds is 13. The minimum atomic E-state index is -0.236. The lowest BCUT2D eigenvalue weighted by Crippen LogP contribution is -2.16. The second-order valence-electron chi connectivity index (χ2n) is 11.5. The van der Waals surface area contributed by atoms with Crippen LogP contribution in [0.1, 0.15) is 69.5 Å². The Hall–Kier alpha value is -5.50. The van der Waals surface area contributed by atoms with E-state index in [1.54, 1.807) is 0 Å². The lowest BCUT2D eigenvalue weighted by atomic mass is 9.99. The van der Waals surface area contributed by atoms with Crippen LogP contribution in [0.2, 0.25) is 0 Å². The largest absolute Gasteiger partial charge is 0.493 e. The predicted octanol–water partition coefficient (Wildman–Crippen LogP) is 8.16. The summed E-state index contributed by atoms with van der Waals surface area (Å²) in [6, 6.07) is 34.5. The summed E-state index contributed by atoms with van der Waals surface area (Å²) in [6.45, 7) is 2.39. The topological polar surface area (TPSA) is 103 Å². The Labute approximate surface area is 267 Å². The molecule has 7 rings (SSSR count). The van der Waals surface area contributed by atoms with Crippen LogP contribution in [0.4, 0.5) is 5.69 Å². The number of carbonyl (C=O) groups excluding carboxylic acids is 1. The second-order valence-corrected chi connectivity index (χ2v) is 11.5. The molecule has 0 saturated heterocycles. The van der Waals surface area contributed by atoms with Crippen molar-refractivity contribution in [1.82, 2.24) is 15.2 Å². The maximum absolute atomic E-state index is 13.5. The summed E-state index contributed by atoms with van der Waals surface area (Å²) in [6.07, 6.45) is 3.26. The molecule has 0 bridgehead atoms. The van der Waals surface area contributed by atoms with E-state index in [9.17, 15) is 4.79 Å². The van der Waals surface area contributed by atoms with Gasteiger partial charge in [0.1, 0.15) is 11.5 Å². The zero-order valence-corrected chi connectivity index (χ0v) is 25.6. The highest BCUT2D eigenvalue weighted by molar-refractivity contribution is 6.12.